The molecule has 1 aromatic carbocycles. The second-order valence-corrected chi connectivity index (χ2v) is 5.72. The number of carbonyl (C=O) groups excluding carboxylic acids is 1. The summed E-state index contributed by atoms with van der Waals surface area (Å²) in [5, 5.41) is 12.9. The van der Waals surface area contributed by atoms with Crippen molar-refractivity contribution in [3.63, 3.8) is 0 Å². The number of hydrogen-bond donors (Lipinski definition) is 2. The Bertz CT molecular complexity index is 449. The van der Waals surface area contributed by atoms with Gasteiger partial charge < -0.3 is 15.2 Å². The lowest BCUT2D eigenvalue weighted by atomic mass is 10.1. The van der Waals surface area contributed by atoms with Crippen molar-refractivity contribution < 1.29 is 14.6 Å². The molecule has 0 aliphatic rings. The number of hydrogen-bond acceptors (Lipinski definition) is 3. The van der Waals surface area contributed by atoms with Crippen LogP contribution in [0.15, 0.2) is 18.2 Å². The van der Waals surface area contributed by atoms with E-state index >= 15 is 0 Å². The minimum atomic E-state index is -0.517. The van der Waals surface area contributed by atoms with Gasteiger partial charge in [-0.05, 0) is 43.0 Å². The lowest BCUT2D eigenvalue weighted by Gasteiger charge is -2.14. The number of aryl methyl sites for hydroxylation is 1. The molecule has 1 aromatic rings. The van der Waals surface area contributed by atoms with Gasteiger partial charge in [-0.2, -0.15) is 0 Å². The molecule has 112 valence electrons. The Morgan fingerprint density at radius 2 is 2.15 bits per heavy atom. The first kappa shape index (κ1) is 16.8. The molecule has 0 aliphatic heterocycles. The van der Waals surface area contributed by atoms with Crippen molar-refractivity contribution in [3.05, 3.63) is 28.8 Å². The normalized spacial score (nSPS) is 12.3. The molecule has 0 heterocycles. The maximum atomic E-state index is 11.6. The maximum absolute atomic E-state index is 11.6. The van der Waals surface area contributed by atoms with Gasteiger partial charge in [0.25, 0.3) is 5.91 Å². The quantitative estimate of drug-likeness (QED) is 0.813. The molecule has 1 rings (SSSR count). The van der Waals surface area contributed by atoms with Crippen LogP contribution in [0.4, 0.5) is 0 Å². The zero-order chi connectivity index (χ0) is 15.1. The van der Waals surface area contributed by atoms with Crippen LogP contribution < -0.4 is 10.1 Å². The summed E-state index contributed by atoms with van der Waals surface area (Å²) in [6, 6.07) is 5.23. The number of amides is 1. The van der Waals surface area contributed by atoms with E-state index in [-0.39, 0.29) is 19.1 Å². The van der Waals surface area contributed by atoms with E-state index in [0.29, 0.717) is 23.1 Å². The van der Waals surface area contributed by atoms with E-state index in [9.17, 15) is 9.90 Å². The van der Waals surface area contributed by atoms with Crippen LogP contribution in [0.25, 0.3) is 0 Å². The molecule has 5 heteroatoms. The van der Waals surface area contributed by atoms with Gasteiger partial charge in [0.15, 0.2) is 6.61 Å². The highest BCUT2D eigenvalue weighted by molar-refractivity contribution is 6.30. The SMILES string of the molecule is Cc1cc(Cl)ccc1OCC(=O)NCC(O)CC(C)C. The lowest BCUT2D eigenvalue weighted by Crippen LogP contribution is -2.35. The summed E-state index contributed by atoms with van der Waals surface area (Å²) in [7, 11) is 0. The minimum Gasteiger partial charge on any atom is -0.484 e. The fourth-order valence-corrected chi connectivity index (χ4v) is 2.05. The average Bonchev–Trinajstić information content (AvgIpc) is 2.34. The van der Waals surface area contributed by atoms with Gasteiger partial charge in [0.1, 0.15) is 5.75 Å². The molecule has 0 bridgehead atoms. The molecule has 4 nitrogen and oxygen atoms in total. The molecule has 0 saturated carbocycles. The van der Waals surface area contributed by atoms with E-state index in [1.54, 1.807) is 18.2 Å². The summed E-state index contributed by atoms with van der Waals surface area (Å²) in [4.78, 5) is 11.6. The first-order valence-corrected chi connectivity index (χ1v) is 7.10. The Kier molecular flexibility index (Phi) is 6.82. The number of rotatable bonds is 7. The molecule has 20 heavy (non-hydrogen) atoms. The molecule has 1 unspecified atom stereocenters. The van der Waals surface area contributed by atoms with Crippen molar-refractivity contribution in [1.82, 2.24) is 5.32 Å². The summed E-state index contributed by atoms with van der Waals surface area (Å²) in [6.07, 6.45) is 0.147. The van der Waals surface area contributed by atoms with Crippen LogP contribution >= 0.6 is 11.6 Å². The monoisotopic (exact) mass is 299 g/mol. The smallest absolute Gasteiger partial charge is 0.258 e. The van der Waals surface area contributed by atoms with Gasteiger partial charge in [-0.1, -0.05) is 25.4 Å². The van der Waals surface area contributed by atoms with E-state index < -0.39 is 6.10 Å². The molecular formula is C15H22ClNO3. The zero-order valence-electron chi connectivity index (χ0n) is 12.1. The summed E-state index contributed by atoms with van der Waals surface area (Å²) < 4.78 is 5.41. The first-order chi connectivity index (χ1) is 9.38. The highest BCUT2D eigenvalue weighted by atomic mass is 35.5. The predicted molar refractivity (Wildman–Crippen MR) is 80.2 cm³/mol. The van der Waals surface area contributed by atoms with Gasteiger partial charge in [-0.25, -0.2) is 0 Å². The molecule has 1 amide bonds. The second-order valence-electron chi connectivity index (χ2n) is 5.29. The Hall–Kier alpha value is -1.26. The molecule has 0 aromatic heterocycles. The molecule has 0 radical (unpaired) electrons. The first-order valence-electron chi connectivity index (χ1n) is 6.72. The third-order valence-electron chi connectivity index (χ3n) is 2.77. The van der Waals surface area contributed by atoms with Crippen molar-refractivity contribution in [1.29, 1.82) is 0 Å². The zero-order valence-corrected chi connectivity index (χ0v) is 12.9. The highest BCUT2D eigenvalue weighted by Crippen LogP contribution is 2.21. The molecule has 0 fully saturated rings. The lowest BCUT2D eigenvalue weighted by molar-refractivity contribution is -0.123. The Morgan fingerprint density at radius 1 is 1.45 bits per heavy atom. The van der Waals surface area contributed by atoms with Crippen molar-refractivity contribution in [2.45, 2.75) is 33.3 Å². The average molecular weight is 300 g/mol. The van der Waals surface area contributed by atoms with Gasteiger partial charge in [-0.3, -0.25) is 4.79 Å². The van der Waals surface area contributed by atoms with Gasteiger partial charge in [-0.15, -0.1) is 0 Å². The Morgan fingerprint density at radius 3 is 2.75 bits per heavy atom. The van der Waals surface area contributed by atoms with Crippen LogP contribution in [0, 0.1) is 12.8 Å². The molecule has 0 spiro atoms. The molecule has 0 saturated heterocycles. The van der Waals surface area contributed by atoms with Gasteiger partial charge >= 0.3 is 0 Å². The third kappa shape index (κ3) is 6.26. The van der Waals surface area contributed by atoms with Crippen molar-refractivity contribution in [2.75, 3.05) is 13.2 Å². The predicted octanol–water partition coefficient (Wildman–Crippen LogP) is 2.55. The fraction of sp³-hybridized carbons (Fsp3) is 0.533. The van der Waals surface area contributed by atoms with Crippen molar-refractivity contribution >= 4 is 17.5 Å². The topological polar surface area (TPSA) is 58.6 Å². The van der Waals surface area contributed by atoms with E-state index in [1.807, 2.05) is 20.8 Å². The van der Waals surface area contributed by atoms with E-state index in [1.165, 1.54) is 0 Å². The summed E-state index contributed by atoms with van der Waals surface area (Å²) in [5.74, 6) is 0.782. The Balaban J connectivity index is 2.33. The largest absolute Gasteiger partial charge is 0.484 e. The number of benzene rings is 1. The second kappa shape index (κ2) is 8.12. The van der Waals surface area contributed by atoms with Crippen LogP contribution in [-0.2, 0) is 4.79 Å². The number of ether oxygens (including phenoxy) is 1. The van der Waals surface area contributed by atoms with E-state index in [4.69, 9.17) is 16.3 Å². The fourth-order valence-electron chi connectivity index (χ4n) is 1.83. The van der Waals surface area contributed by atoms with Crippen molar-refractivity contribution in [3.8, 4) is 5.75 Å². The van der Waals surface area contributed by atoms with Crippen LogP contribution in [0.5, 0.6) is 5.75 Å². The van der Waals surface area contributed by atoms with Crippen LogP contribution in [0.3, 0.4) is 0 Å². The van der Waals surface area contributed by atoms with Crippen molar-refractivity contribution in [2.24, 2.45) is 5.92 Å². The summed E-state index contributed by atoms with van der Waals surface area (Å²) in [5.41, 5.74) is 0.880. The highest BCUT2D eigenvalue weighted by Gasteiger charge is 2.10. The van der Waals surface area contributed by atoms with Gasteiger partial charge in [0.05, 0.1) is 6.10 Å². The molecular weight excluding hydrogens is 278 g/mol. The van der Waals surface area contributed by atoms with Crippen LogP contribution in [0.1, 0.15) is 25.8 Å². The standard InChI is InChI=1S/C15H22ClNO3/c1-10(2)6-13(18)8-17-15(19)9-20-14-5-4-12(16)7-11(14)3/h4-5,7,10,13,18H,6,8-9H2,1-3H3,(H,17,19). The van der Waals surface area contributed by atoms with Gasteiger partial charge in [0.2, 0.25) is 0 Å². The van der Waals surface area contributed by atoms with E-state index in [0.717, 1.165) is 5.56 Å². The molecule has 0 aliphatic carbocycles. The summed E-state index contributed by atoms with van der Waals surface area (Å²) >= 11 is 5.84. The van der Waals surface area contributed by atoms with E-state index in [2.05, 4.69) is 5.32 Å². The number of nitrogens with one attached hydrogen (secondary N) is 1. The van der Waals surface area contributed by atoms with Crippen LogP contribution in [0.2, 0.25) is 5.02 Å². The number of carbonyl (C=O) groups is 1. The minimum absolute atomic E-state index is 0.0725. The number of halogens is 1. The van der Waals surface area contributed by atoms with Crippen LogP contribution in [-0.4, -0.2) is 30.3 Å². The third-order valence-corrected chi connectivity index (χ3v) is 3.01. The Labute approximate surface area is 125 Å². The summed E-state index contributed by atoms with van der Waals surface area (Å²) in [6.45, 7) is 6.09. The maximum Gasteiger partial charge on any atom is 0.258 e. The number of aliphatic hydroxyl groups excluding tert-OH is 1. The molecule has 1 atom stereocenters. The number of aliphatic hydroxyl groups is 1. The van der Waals surface area contributed by atoms with Gasteiger partial charge in [0, 0.05) is 11.6 Å². The molecule has 2 N–H and O–H groups in total.